The molecule has 2 aromatic carbocycles. The third-order valence-corrected chi connectivity index (χ3v) is 6.80. The average Bonchev–Trinajstić information content (AvgIpc) is 3.27. The molecule has 2 aromatic heterocycles. The molecular formula is C27H28N4O3S. The molecule has 0 bridgehead atoms. The molecule has 7 nitrogen and oxygen atoms in total. The summed E-state index contributed by atoms with van der Waals surface area (Å²) in [4.78, 5) is 44.4. The van der Waals surface area contributed by atoms with Gasteiger partial charge < -0.3 is 10.2 Å². The van der Waals surface area contributed by atoms with Crippen molar-refractivity contribution in [3.8, 4) is 11.1 Å². The number of benzene rings is 2. The van der Waals surface area contributed by atoms with Crippen molar-refractivity contribution in [1.29, 1.82) is 0 Å². The summed E-state index contributed by atoms with van der Waals surface area (Å²) in [6.45, 7) is 6.83. The molecule has 0 spiro atoms. The molecule has 0 aliphatic rings. The van der Waals surface area contributed by atoms with Crippen molar-refractivity contribution in [3.63, 3.8) is 0 Å². The number of hydrogen-bond donors (Lipinski definition) is 1. The first-order valence-corrected chi connectivity index (χ1v) is 12.4. The first-order chi connectivity index (χ1) is 16.9. The Kier molecular flexibility index (Phi) is 7.41. The summed E-state index contributed by atoms with van der Waals surface area (Å²) in [6.07, 6.45) is 1.64. The molecule has 0 atom stereocenters. The van der Waals surface area contributed by atoms with Crippen molar-refractivity contribution in [3.05, 3.63) is 81.7 Å². The van der Waals surface area contributed by atoms with E-state index < -0.39 is 0 Å². The minimum Gasteiger partial charge on any atom is -0.339 e. The summed E-state index contributed by atoms with van der Waals surface area (Å²) in [5.41, 5.74) is 4.44. The van der Waals surface area contributed by atoms with Gasteiger partial charge in [0, 0.05) is 49.6 Å². The topological polar surface area (TPSA) is 84.3 Å². The van der Waals surface area contributed by atoms with Crippen LogP contribution in [0.4, 0.5) is 5.69 Å². The van der Waals surface area contributed by atoms with Crippen LogP contribution in [0.3, 0.4) is 0 Å². The SMILES string of the molecule is CCN(Cc1cccc(NC(=O)CCn2cnc3scc(-c4ccc(C)cc4)c3c2=O)c1)C(C)=O. The highest BCUT2D eigenvalue weighted by atomic mass is 32.1. The van der Waals surface area contributed by atoms with E-state index in [1.54, 1.807) is 11.8 Å². The number of fused-ring (bicyclic) bond motifs is 1. The van der Waals surface area contributed by atoms with Crippen molar-refractivity contribution in [2.24, 2.45) is 0 Å². The normalized spacial score (nSPS) is 10.9. The van der Waals surface area contributed by atoms with Crippen molar-refractivity contribution in [2.75, 3.05) is 11.9 Å². The number of carbonyl (C=O) groups is 2. The minimum atomic E-state index is -0.197. The molecule has 4 rings (SSSR count). The van der Waals surface area contributed by atoms with Gasteiger partial charge in [0.15, 0.2) is 0 Å². The molecular weight excluding hydrogens is 460 g/mol. The lowest BCUT2D eigenvalue weighted by Crippen LogP contribution is -2.27. The van der Waals surface area contributed by atoms with Crippen LogP contribution >= 0.6 is 11.3 Å². The van der Waals surface area contributed by atoms with Gasteiger partial charge in [0.1, 0.15) is 4.83 Å². The number of carbonyl (C=O) groups excluding carboxylic acids is 2. The molecule has 8 heteroatoms. The van der Waals surface area contributed by atoms with Crippen molar-refractivity contribution in [2.45, 2.75) is 40.3 Å². The Morgan fingerprint density at radius 1 is 1.14 bits per heavy atom. The van der Waals surface area contributed by atoms with E-state index in [1.165, 1.54) is 22.2 Å². The standard InChI is InChI=1S/C27H28N4O3S/c1-4-30(19(3)32)15-20-6-5-7-22(14-20)29-24(33)12-13-31-17-28-26-25(27(31)34)23(16-35-26)21-10-8-18(2)9-11-21/h5-11,14,16-17H,4,12-13,15H2,1-3H3,(H,29,33). The van der Waals surface area contributed by atoms with E-state index >= 15 is 0 Å². The number of thiophene rings is 1. The van der Waals surface area contributed by atoms with Crippen LogP contribution in [-0.2, 0) is 22.7 Å². The van der Waals surface area contributed by atoms with Gasteiger partial charge in [0.25, 0.3) is 5.56 Å². The van der Waals surface area contributed by atoms with Gasteiger partial charge in [0.2, 0.25) is 11.8 Å². The second kappa shape index (κ2) is 10.7. The lowest BCUT2D eigenvalue weighted by Gasteiger charge is -2.19. The van der Waals surface area contributed by atoms with Crippen LogP contribution in [-0.4, -0.2) is 32.8 Å². The zero-order valence-corrected chi connectivity index (χ0v) is 20.9. The van der Waals surface area contributed by atoms with Crippen LogP contribution in [0.2, 0.25) is 0 Å². The van der Waals surface area contributed by atoms with Crippen LogP contribution < -0.4 is 10.9 Å². The summed E-state index contributed by atoms with van der Waals surface area (Å²) in [5, 5.41) is 5.43. The second-order valence-corrected chi connectivity index (χ2v) is 9.33. The third-order valence-electron chi connectivity index (χ3n) is 5.91. The van der Waals surface area contributed by atoms with E-state index in [-0.39, 0.29) is 30.3 Å². The maximum atomic E-state index is 13.2. The lowest BCUT2D eigenvalue weighted by molar-refractivity contribution is -0.129. The fraction of sp³-hybridized carbons (Fsp3) is 0.259. The molecule has 0 fully saturated rings. The van der Waals surface area contributed by atoms with Crippen LogP contribution in [0.1, 0.15) is 31.4 Å². The predicted octanol–water partition coefficient (Wildman–Crippen LogP) is 4.83. The molecule has 35 heavy (non-hydrogen) atoms. The van der Waals surface area contributed by atoms with E-state index in [1.807, 2.05) is 67.8 Å². The zero-order chi connectivity index (χ0) is 24.9. The van der Waals surface area contributed by atoms with Crippen molar-refractivity contribution < 1.29 is 9.59 Å². The second-order valence-electron chi connectivity index (χ2n) is 8.47. The first-order valence-electron chi connectivity index (χ1n) is 11.5. The first kappa shape index (κ1) is 24.3. The maximum Gasteiger partial charge on any atom is 0.262 e. The van der Waals surface area contributed by atoms with Crippen molar-refractivity contribution >= 4 is 39.1 Å². The van der Waals surface area contributed by atoms with Gasteiger partial charge >= 0.3 is 0 Å². The monoisotopic (exact) mass is 488 g/mol. The van der Waals surface area contributed by atoms with E-state index in [4.69, 9.17) is 0 Å². The summed E-state index contributed by atoms with van der Waals surface area (Å²) in [7, 11) is 0. The fourth-order valence-corrected chi connectivity index (χ4v) is 4.84. The molecule has 0 aliphatic carbocycles. The van der Waals surface area contributed by atoms with Gasteiger partial charge in [-0.2, -0.15) is 0 Å². The third kappa shape index (κ3) is 5.66. The molecule has 0 saturated heterocycles. The molecule has 1 N–H and O–H groups in total. The van der Waals surface area contributed by atoms with Gasteiger partial charge in [-0.1, -0.05) is 42.0 Å². The predicted molar refractivity (Wildman–Crippen MR) is 141 cm³/mol. The Hall–Kier alpha value is -3.78. The van der Waals surface area contributed by atoms with Gasteiger partial charge in [-0.15, -0.1) is 11.3 Å². The lowest BCUT2D eigenvalue weighted by atomic mass is 10.1. The maximum absolute atomic E-state index is 13.2. The Bertz CT molecular complexity index is 1420. The fourth-order valence-electron chi connectivity index (χ4n) is 3.93. The number of aryl methyl sites for hydroxylation is 2. The number of hydrogen-bond acceptors (Lipinski definition) is 5. The van der Waals surface area contributed by atoms with Crippen LogP contribution in [0, 0.1) is 6.92 Å². The number of amides is 2. The van der Waals surface area contributed by atoms with E-state index in [9.17, 15) is 14.4 Å². The quantitative estimate of drug-likeness (QED) is 0.385. The molecule has 4 aromatic rings. The van der Waals surface area contributed by atoms with Gasteiger partial charge in [-0.3, -0.25) is 19.0 Å². The van der Waals surface area contributed by atoms with Gasteiger partial charge in [-0.25, -0.2) is 4.98 Å². The van der Waals surface area contributed by atoms with E-state index in [0.29, 0.717) is 29.0 Å². The van der Waals surface area contributed by atoms with Gasteiger partial charge in [0.05, 0.1) is 11.7 Å². The Morgan fingerprint density at radius 2 is 1.91 bits per heavy atom. The summed E-state index contributed by atoms with van der Waals surface area (Å²) < 4.78 is 1.49. The van der Waals surface area contributed by atoms with E-state index in [2.05, 4.69) is 10.3 Å². The zero-order valence-electron chi connectivity index (χ0n) is 20.1. The number of nitrogens with zero attached hydrogens (tertiary/aromatic N) is 3. The van der Waals surface area contributed by atoms with E-state index in [0.717, 1.165) is 22.3 Å². The van der Waals surface area contributed by atoms with Crippen LogP contribution in [0.15, 0.2) is 65.0 Å². The molecule has 0 saturated carbocycles. The average molecular weight is 489 g/mol. The number of nitrogens with one attached hydrogen (secondary N) is 1. The highest BCUT2D eigenvalue weighted by Crippen LogP contribution is 2.30. The summed E-state index contributed by atoms with van der Waals surface area (Å²) >= 11 is 1.44. The van der Waals surface area contributed by atoms with Gasteiger partial charge in [-0.05, 0) is 37.1 Å². The Labute approximate surface area is 208 Å². The highest BCUT2D eigenvalue weighted by Gasteiger charge is 2.14. The largest absolute Gasteiger partial charge is 0.339 e. The Balaban J connectivity index is 1.46. The number of rotatable bonds is 8. The molecule has 0 radical (unpaired) electrons. The highest BCUT2D eigenvalue weighted by molar-refractivity contribution is 7.17. The summed E-state index contributed by atoms with van der Waals surface area (Å²) in [5.74, 6) is -0.189. The summed E-state index contributed by atoms with van der Waals surface area (Å²) in [6, 6.07) is 15.5. The van der Waals surface area contributed by atoms with Crippen LogP contribution in [0.5, 0.6) is 0 Å². The number of anilines is 1. The molecule has 180 valence electrons. The molecule has 2 heterocycles. The molecule has 0 unspecified atom stereocenters. The Morgan fingerprint density at radius 3 is 2.63 bits per heavy atom. The number of aromatic nitrogens is 2. The minimum absolute atomic E-state index is 0.00844. The molecule has 0 aliphatic heterocycles. The van der Waals surface area contributed by atoms with Crippen molar-refractivity contribution in [1.82, 2.24) is 14.5 Å². The molecule has 2 amide bonds. The van der Waals surface area contributed by atoms with Crippen LogP contribution in [0.25, 0.3) is 21.3 Å². The smallest absolute Gasteiger partial charge is 0.262 e.